The van der Waals surface area contributed by atoms with Crippen LogP contribution in [0.25, 0.3) is 0 Å². The third-order valence-electron chi connectivity index (χ3n) is 4.28. The van der Waals surface area contributed by atoms with Crippen molar-refractivity contribution >= 4 is 17.6 Å². The quantitative estimate of drug-likeness (QED) is 0.616. The van der Waals surface area contributed by atoms with Crippen molar-refractivity contribution in [1.82, 2.24) is 19.6 Å². The van der Waals surface area contributed by atoms with Crippen LogP contribution in [0.4, 0.5) is 5.69 Å². The molecule has 0 aliphatic carbocycles. The molecule has 0 unspecified atom stereocenters. The third-order valence-corrected chi connectivity index (χ3v) is 4.28. The lowest BCUT2D eigenvalue weighted by Gasteiger charge is -2.09. The van der Waals surface area contributed by atoms with E-state index in [2.05, 4.69) is 15.5 Å². The van der Waals surface area contributed by atoms with E-state index >= 15 is 0 Å². The van der Waals surface area contributed by atoms with Gasteiger partial charge in [0.2, 0.25) is 0 Å². The van der Waals surface area contributed by atoms with Gasteiger partial charge in [-0.2, -0.15) is 10.2 Å². The molecule has 1 aromatic carbocycles. The molecule has 0 bridgehead atoms. The number of nitrogens with zero attached hydrogens (tertiary/aromatic N) is 4. The molecule has 3 rings (SSSR count). The van der Waals surface area contributed by atoms with Crippen LogP contribution in [0.3, 0.4) is 0 Å². The van der Waals surface area contributed by atoms with E-state index in [0.717, 1.165) is 16.9 Å². The number of carbonyl (C=O) groups is 2. The van der Waals surface area contributed by atoms with Gasteiger partial charge in [-0.15, -0.1) is 0 Å². The molecule has 152 valence electrons. The number of anilines is 1. The molecular weight excluding hydrogens is 374 g/mol. The summed E-state index contributed by atoms with van der Waals surface area (Å²) in [6, 6.07) is 7.53. The van der Waals surface area contributed by atoms with Gasteiger partial charge < -0.3 is 14.8 Å². The van der Waals surface area contributed by atoms with E-state index in [1.54, 1.807) is 23.1 Å². The highest BCUT2D eigenvalue weighted by Crippen LogP contribution is 2.20. The highest BCUT2D eigenvalue weighted by atomic mass is 16.5. The van der Waals surface area contributed by atoms with Crippen molar-refractivity contribution < 1.29 is 19.1 Å². The van der Waals surface area contributed by atoms with Crippen LogP contribution in [0.15, 0.2) is 36.7 Å². The second-order valence-corrected chi connectivity index (χ2v) is 6.48. The maximum Gasteiger partial charge on any atom is 0.360 e. The third kappa shape index (κ3) is 4.63. The Morgan fingerprint density at radius 1 is 1.14 bits per heavy atom. The average molecular weight is 397 g/mol. The molecule has 9 heteroatoms. The Morgan fingerprint density at radius 2 is 1.93 bits per heavy atom. The van der Waals surface area contributed by atoms with E-state index in [1.807, 2.05) is 39.0 Å². The zero-order chi connectivity index (χ0) is 21.0. The number of hydrogen-bond acceptors (Lipinski definition) is 6. The number of aryl methyl sites for hydroxylation is 3. The summed E-state index contributed by atoms with van der Waals surface area (Å²) in [5, 5.41) is 11.0. The van der Waals surface area contributed by atoms with Crippen molar-refractivity contribution in [3.63, 3.8) is 0 Å². The van der Waals surface area contributed by atoms with Gasteiger partial charge in [-0.1, -0.05) is 12.1 Å². The zero-order valence-corrected chi connectivity index (χ0v) is 16.8. The van der Waals surface area contributed by atoms with Gasteiger partial charge in [0.25, 0.3) is 5.91 Å². The van der Waals surface area contributed by atoms with E-state index in [-0.39, 0.29) is 23.8 Å². The Balaban J connectivity index is 1.69. The maximum atomic E-state index is 12.5. The fourth-order valence-electron chi connectivity index (χ4n) is 2.66. The summed E-state index contributed by atoms with van der Waals surface area (Å²) in [7, 11) is 1.26. The fraction of sp³-hybridized carbons (Fsp3) is 0.300. The van der Waals surface area contributed by atoms with E-state index < -0.39 is 11.9 Å². The van der Waals surface area contributed by atoms with Crippen LogP contribution in [0.1, 0.15) is 39.0 Å². The van der Waals surface area contributed by atoms with Gasteiger partial charge in [0.1, 0.15) is 5.75 Å². The zero-order valence-electron chi connectivity index (χ0n) is 16.8. The van der Waals surface area contributed by atoms with E-state index in [1.165, 1.54) is 11.8 Å². The van der Waals surface area contributed by atoms with Gasteiger partial charge in [0, 0.05) is 18.9 Å². The Bertz CT molecular complexity index is 1040. The van der Waals surface area contributed by atoms with Crippen molar-refractivity contribution in [1.29, 1.82) is 0 Å². The number of nitrogens with one attached hydrogen (secondary N) is 1. The molecule has 1 N–H and O–H groups in total. The first-order valence-corrected chi connectivity index (χ1v) is 9.12. The van der Waals surface area contributed by atoms with Crippen LogP contribution in [-0.2, 0) is 18.0 Å². The molecular formula is C20H23N5O4. The van der Waals surface area contributed by atoms with E-state index in [0.29, 0.717) is 6.54 Å². The number of methoxy groups -OCH3 is 1. The van der Waals surface area contributed by atoms with Crippen LogP contribution in [0.5, 0.6) is 5.75 Å². The first kappa shape index (κ1) is 20.1. The Kier molecular flexibility index (Phi) is 5.96. The second-order valence-electron chi connectivity index (χ2n) is 6.48. The predicted octanol–water partition coefficient (Wildman–Crippen LogP) is 2.79. The molecule has 1 amide bonds. The lowest BCUT2D eigenvalue weighted by Crippen LogP contribution is -2.16. The lowest BCUT2D eigenvalue weighted by atomic mass is 10.1. The van der Waals surface area contributed by atoms with Gasteiger partial charge in [0.15, 0.2) is 18.1 Å². The van der Waals surface area contributed by atoms with Gasteiger partial charge in [-0.05, 0) is 44.0 Å². The van der Waals surface area contributed by atoms with Gasteiger partial charge in [0.05, 0.1) is 12.8 Å². The van der Waals surface area contributed by atoms with Crippen LogP contribution < -0.4 is 10.1 Å². The molecule has 0 aliphatic heterocycles. The smallest absolute Gasteiger partial charge is 0.360 e. The van der Waals surface area contributed by atoms with Gasteiger partial charge in [-0.25, -0.2) is 9.48 Å². The van der Waals surface area contributed by atoms with Crippen LogP contribution >= 0.6 is 0 Å². The standard InChI is InChI=1S/C20H23N5O4/c1-5-24-11-16(18(23-24)20(27)28-4)21-19(26)15-8-9-25(22-15)12-29-17-10-13(2)6-7-14(17)3/h6-11H,5,12H2,1-4H3,(H,21,26). The van der Waals surface area contributed by atoms with Crippen LogP contribution in [0, 0.1) is 13.8 Å². The van der Waals surface area contributed by atoms with Crippen LogP contribution in [0.2, 0.25) is 0 Å². The van der Waals surface area contributed by atoms with E-state index in [9.17, 15) is 9.59 Å². The van der Waals surface area contributed by atoms with Crippen molar-refractivity contribution in [3.05, 3.63) is 59.2 Å². The number of amides is 1. The van der Waals surface area contributed by atoms with Crippen molar-refractivity contribution in [3.8, 4) is 5.75 Å². The minimum atomic E-state index is -0.625. The Hall–Kier alpha value is -3.62. The molecule has 2 aromatic heterocycles. The minimum absolute atomic E-state index is 0.0420. The topological polar surface area (TPSA) is 100 Å². The number of ether oxygens (including phenoxy) is 2. The summed E-state index contributed by atoms with van der Waals surface area (Å²) in [5.74, 6) is -0.322. The summed E-state index contributed by atoms with van der Waals surface area (Å²) in [6.07, 6.45) is 3.22. The molecule has 0 saturated heterocycles. The summed E-state index contributed by atoms with van der Waals surface area (Å²) in [5.41, 5.74) is 2.61. The normalized spacial score (nSPS) is 10.6. The summed E-state index contributed by atoms with van der Waals surface area (Å²) < 4.78 is 13.6. The molecule has 3 aromatic rings. The van der Waals surface area contributed by atoms with Crippen molar-refractivity contribution in [2.75, 3.05) is 12.4 Å². The number of esters is 1. The molecule has 0 radical (unpaired) electrons. The monoisotopic (exact) mass is 397 g/mol. The molecule has 29 heavy (non-hydrogen) atoms. The molecule has 2 heterocycles. The Labute approximate surface area is 168 Å². The predicted molar refractivity (Wildman–Crippen MR) is 106 cm³/mol. The fourth-order valence-corrected chi connectivity index (χ4v) is 2.66. The summed E-state index contributed by atoms with van der Waals surface area (Å²) in [4.78, 5) is 24.4. The van der Waals surface area contributed by atoms with Crippen molar-refractivity contribution in [2.24, 2.45) is 0 Å². The summed E-state index contributed by atoms with van der Waals surface area (Å²) >= 11 is 0. The van der Waals surface area contributed by atoms with Crippen molar-refractivity contribution in [2.45, 2.75) is 34.0 Å². The number of rotatable bonds is 7. The SMILES string of the molecule is CCn1cc(NC(=O)c2ccn(COc3cc(C)ccc3C)n2)c(C(=O)OC)n1. The van der Waals surface area contributed by atoms with Crippen LogP contribution in [-0.4, -0.2) is 38.5 Å². The molecule has 0 aliphatic rings. The highest BCUT2D eigenvalue weighted by Gasteiger charge is 2.20. The molecule has 9 nitrogen and oxygen atoms in total. The molecule has 0 saturated carbocycles. The number of benzene rings is 1. The van der Waals surface area contributed by atoms with Gasteiger partial charge >= 0.3 is 5.97 Å². The first-order valence-electron chi connectivity index (χ1n) is 9.12. The highest BCUT2D eigenvalue weighted by molar-refractivity contribution is 6.06. The number of hydrogen-bond donors (Lipinski definition) is 1. The first-order chi connectivity index (χ1) is 13.9. The molecule has 0 atom stereocenters. The Morgan fingerprint density at radius 3 is 2.66 bits per heavy atom. The minimum Gasteiger partial charge on any atom is -0.471 e. The average Bonchev–Trinajstić information content (AvgIpc) is 3.35. The molecule has 0 spiro atoms. The maximum absolute atomic E-state index is 12.5. The number of aromatic nitrogens is 4. The lowest BCUT2D eigenvalue weighted by molar-refractivity contribution is 0.0594. The second kappa shape index (κ2) is 8.59. The molecule has 0 fully saturated rings. The largest absolute Gasteiger partial charge is 0.471 e. The van der Waals surface area contributed by atoms with E-state index in [4.69, 9.17) is 9.47 Å². The van der Waals surface area contributed by atoms with Gasteiger partial charge in [-0.3, -0.25) is 9.48 Å². The summed E-state index contributed by atoms with van der Waals surface area (Å²) in [6.45, 7) is 6.54. The number of carbonyl (C=O) groups excluding carboxylic acids is 2.